The van der Waals surface area contributed by atoms with E-state index in [1.165, 1.54) is 16.9 Å². The Morgan fingerprint density at radius 3 is 2.52 bits per heavy atom. The zero-order valence-electron chi connectivity index (χ0n) is 15.2. The van der Waals surface area contributed by atoms with E-state index in [1.54, 1.807) is 13.3 Å². The van der Waals surface area contributed by atoms with Crippen LogP contribution in [0, 0.1) is 11.8 Å². The van der Waals surface area contributed by atoms with Gasteiger partial charge in [0, 0.05) is 31.6 Å². The van der Waals surface area contributed by atoms with E-state index in [9.17, 15) is 4.79 Å². The number of rotatable bonds is 3. The van der Waals surface area contributed by atoms with Crippen LogP contribution in [0.25, 0.3) is 0 Å². The number of amides is 1. The van der Waals surface area contributed by atoms with Crippen molar-refractivity contribution in [3.05, 3.63) is 40.9 Å². The maximum atomic E-state index is 12.7. The third-order valence-corrected chi connectivity index (χ3v) is 6.19. The molecule has 9 heteroatoms. The monoisotopic (exact) mass is 430 g/mol. The first-order valence-electron chi connectivity index (χ1n) is 8.41. The number of nitrogen functional groups attached to an aromatic ring is 1. The first-order valence-corrected chi connectivity index (χ1v) is 9.23. The summed E-state index contributed by atoms with van der Waals surface area (Å²) in [4.78, 5) is 21.7. The smallest absolute Gasteiger partial charge is 0.265 e. The van der Waals surface area contributed by atoms with Gasteiger partial charge in [0.2, 0.25) is 0 Å². The number of ether oxygens (including phenoxy) is 1. The molecule has 27 heavy (non-hydrogen) atoms. The second-order valence-electron chi connectivity index (χ2n) is 6.85. The first kappa shape index (κ1) is 21.8. The van der Waals surface area contributed by atoms with Crippen LogP contribution in [0.5, 0.6) is 5.75 Å². The van der Waals surface area contributed by atoms with Crippen LogP contribution in [0.1, 0.15) is 21.3 Å². The van der Waals surface area contributed by atoms with E-state index < -0.39 is 0 Å². The number of nitrogens with zero attached hydrogens (tertiary/aromatic N) is 3. The quantitative estimate of drug-likeness (QED) is 0.809. The van der Waals surface area contributed by atoms with Gasteiger partial charge in [0.05, 0.1) is 13.3 Å². The van der Waals surface area contributed by atoms with Crippen LogP contribution in [0.3, 0.4) is 0 Å². The number of carbonyl (C=O) groups excluding carboxylic acids is 1. The summed E-state index contributed by atoms with van der Waals surface area (Å²) < 4.78 is 5.26. The predicted octanol–water partition coefficient (Wildman–Crippen LogP) is 2.95. The van der Waals surface area contributed by atoms with E-state index in [0.717, 1.165) is 25.4 Å². The average Bonchev–Trinajstić information content (AvgIpc) is 3.28. The molecule has 0 radical (unpaired) electrons. The molecule has 2 N–H and O–H groups in total. The molecule has 2 fully saturated rings. The summed E-state index contributed by atoms with van der Waals surface area (Å²) in [5.74, 6) is 1.88. The summed E-state index contributed by atoms with van der Waals surface area (Å²) in [6.07, 6.45) is 1.59. The van der Waals surface area contributed by atoms with Crippen LogP contribution in [0.4, 0.5) is 5.13 Å². The van der Waals surface area contributed by atoms with Crippen molar-refractivity contribution in [2.75, 3.05) is 39.5 Å². The summed E-state index contributed by atoms with van der Waals surface area (Å²) in [5.41, 5.74) is 6.95. The van der Waals surface area contributed by atoms with Gasteiger partial charge in [0.1, 0.15) is 10.6 Å². The topological polar surface area (TPSA) is 71.7 Å². The largest absolute Gasteiger partial charge is 0.497 e. The summed E-state index contributed by atoms with van der Waals surface area (Å²) in [6.45, 7) is 2.59. The third-order valence-electron chi connectivity index (χ3n) is 5.37. The average molecular weight is 431 g/mol. The van der Waals surface area contributed by atoms with Crippen molar-refractivity contribution in [2.45, 2.75) is 6.04 Å². The van der Waals surface area contributed by atoms with E-state index >= 15 is 0 Å². The lowest BCUT2D eigenvalue weighted by Crippen LogP contribution is -2.33. The third kappa shape index (κ3) is 4.01. The fourth-order valence-electron chi connectivity index (χ4n) is 4.27. The lowest BCUT2D eigenvalue weighted by molar-refractivity contribution is 0.0772. The molecule has 4 rings (SSSR count). The van der Waals surface area contributed by atoms with Crippen LogP contribution in [0.2, 0.25) is 0 Å². The van der Waals surface area contributed by atoms with Gasteiger partial charge in [-0.1, -0.05) is 23.5 Å². The molecule has 0 bridgehead atoms. The maximum absolute atomic E-state index is 12.7. The maximum Gasteiger partial charge on any atom is 0.265 e. The number of anilines is 1. The standard InChI is InChI=1S/C18H22N4O2S.2ClH/c1-21-8-12-9-22(17(23)15-7-20-18(19)25-15)10-14(12)16(21)11-3-5-13(24-2)6-4-11;;/h3-7,12,14,16H,8-10H2,1-2H3,(H2,19,20);2*1H/t12-,14+,16-;;/m0../s1. The normalized spacial score (nSPS) is 24.1. The second-order valence-corrected chi connectivity index (χ2v) is 7.92. The SMILES string of the molecule is COc1ccc([C@H]2[C@@H]3CN(C(=O)c4cnc(N)s4)C[C@@H]3CN2C)cc1.Cl.Cl. The number of thiazole rings is 1. The van der Waals surface area contributed by atoms with Gasteiger partial charge in [-0.25, -0.2) is 4.98 Å². The van der Waals surface area contributed by atoms with Gasteiger partial charge in [0.15, 0.2) is 5.13 Å². The Morgan fingerprint density at radius 1 is 1.22 bits per heavy atom. The van der Waals surface area contributed by atoms with E-state index in [4.69, 9.17) is 10.5 Å². The summed E-state index contributed by atoms with van der Waals surface area (Å²) in [5, 5.41) is 0.443. The summed E-state index contributed by atoms with van der Waals surface area (Å²) in [7, 11) is 3.85. The van der Waals surface area contributed by atoms with Crippen molar-refractivity contribution in [1.29, 1.82) is 0 Å². The molecule has 6 nitrogen and oxygen atoms in total. The molecular formula is C18H24Cl2N4O2S. The number of methoxy groups -OCH3 is 1. The molecule has 2 saturated heterocycles. The number of aromatic nitrogens is 1. The van der Waals surface area contributed by atoms with Crippen LogP contribution in [-0.2, 0) is 0 Å². The van der Waals surface area contributed by atoms with Gasteiger partial charge in [0.25, 0.3) is 5.91 Å². The fraction of sp³-hybridized carbons (Fsp3) is 0.444. The van der Waals surface area contributed by atoms with Gasteiger partial charge in [-0.05, 0) is 30.7 Å². The Bertz CT molecular complexity index is 786. The van der Waals surface area contributed by atoms with Crippen molar-refractivity contribution in [3.63, 3.8) is 0 Å². The van der Waals surface area contributed by atoms with E-state index in [2.05, 4.69) is 29.1 Å². The zero-order valence-corrected chi connectivity index (χ0v) is 17.6. The highest BCUT2D eigenvalue weighted by atomic mass is 35.5. The van der Waals surface area contributed by atoms with Crippen molar-refractivity contribution in [1.82, 2.24) is 14.8 Å². The minimum absolute atomic E-state index is 0. The lowest BCUT2D eigenvalue weighted by Gasteiger charge is -2.26. The molecule has 148 valence electrons. The van der Waals surface area contributed by atoms with Gasteiger partial charge in [-0.15, -0.1) is 24.8 Å². The molecule has 2 aromatic rings. The van der Waals surface area contributed by atoms with E-state index in [-0.39, 0.29) is 30.7 Å². The predicted molar refractivity (Wildman–Crippen MR) is 112 cm³/mol. The number of halogens is 2. The molecule has 0 aliphatic carbocycles. The molecule has 0 unspecified atom stereocenters. The Kier molecular flexibility index (Phi) is 6.97. The van der Waals surface area contributed by atoms with Gasteiger partial charge in [-0.2, -0.15) is 0 Å². The Labute approximate surface area is 175 Å². The molecule has 1 aromatic carbocycles. The number of hydrogen-bond acceptors (Lipinski definition) is 6. The van der Waals surface area contributed by atoms with Crippen molar-refractivity contribution in [2.24, 2.45) is 11.8 Å². The lowest BCUT2D eigenvalue weighted by atomic mass is 9.89. The van der Waals surface area contributed by atoms with E-state index in [1.807, 2.05) is 17.0 Å². The molecule has 3 atom stereocenters. The number of carbonyl (C=O) groups is 1. The Balaban J connectivity index is 0.00000131. The van der Waals surface area contributed by atoms with Crippen molar-refractivity contribution < 1.29 is 9.53 Å². The molecule has 1 aromatic heterocycles. The van der Waals surface area contributed by atoms with Gasteiger partial charge >= 0.3 is 0 Å². The highest BCUT2D eigenvalue weighted by Crippen LogP contribution is 2.44. The number of nitrogens with two attached hydrogens (primary N) is 1. The zero-order chi connectivity index (χ0) is 17.6. The second kappa shape index (κ2) is 8.65. The van der Waals surface area contributed by atoms with Crippen molar-refractivity contribution in [3.8, 4) is 5.75 Å². The number of hydrogen-bond donors (Lipinski definition) is 1. The molecule has 3 heterocycles. The summed E-state index contributed by atoms with van der Waals surface area (Å²) >= 11 is 1.26. The van der Waals surface area contributed by atoms with E-state index in [0.29, 0.717) is 27.9 Å². The van der Waals surface area contributed by atoms with Crippen LogP contribution < -0.4 is 10.5 Å². The molecular weight excluding hydrogens is 407 g/mol. The molecule has 2 aliphatic heterocycles. The number of benzene rings is 1. The minimum atomic E-state index is 0. The first-order chi connectivity index (χ1) is 12.1. The summed E-state index contributed by atoms with van der Waals surface area (Å²) in [6, 6.07) is 8.62. The highest BCUT2D eigenvalue weighted by Gasteiger charge is 2.47. The van der Waals surface area contributed by atoms with Crippen LogP contribution in [-0.4, -0.2) is 54.5 Å². The number of fused-ring (bicyclic) bond motifs is 1. The fourth-order valence-corrected chi connectivity index (χ4v) is 4.92. The highest BCUT2D eigenvalue weighted by molar-refractivity contribution is 7.17. The Hall–Kier alpha value is -1.54. The molecule has 2 aliphatic rings. The van der Waals surface area contributed by atoms with Crippen LogP contribution in [0.15, 0.2) is 30.5 Å². The van der Waals surface area contributed by atoms with Crippen molar-refractivity contribution >= 4 is 47.2 Å². The molecule has 0 saturated carbocycles. The van der Waals surface area contributed by atoms with Gasteiger partial charge in [-0.3, -0.25) is 9.69 Å². The molecule has 0 spiro atoms. The number of likely N-dealkylation sites (tertiary alicyclic amines) is 2. The minimum Gasteiger partial charge on any atom is -0.497 e. The molecule has 1 amide bonds. The van der Waals surface area contributed by atoms with Crippen LogP contribution >= 0.6 is 36.2 Å². The van der Waals surface area contributed by atoms with Gasteiger partial charge < -0.3 is 15.4 Å². The Morgan fingerprint density at radius 2 is 1.93 bits per heavy atom.